The molecule has 0 saturated carbocycles. The summed E-state index contributed by atoms with van der Waals surface area (Å²) in [4.78, 5) is 37.1. The van der Waals surface area contributed by atoms with Crippen molar-refractivity contribution in [3.05, 3.63) is 34.4 Å². The smallest absolute Gasteiger partial charge is 0.269 e. The fourth-order valence-electron chi connectivity index (χ4n) is 2.88. The number of rotatable bonds is 8. The van der Waals surface area contributed by atoms with Crippen LogP contribution in [0, 0.1) is 10.1 Å². The average molecular weight is 417 g/mol. The molecule has 2 amide bonds. The van der Waals surface area contributed by atoms with Gasteiger partial charge < -0.3 is 16.0 Å². The number of thioether (sulfide) groups is 1. The van der Waals surface area contributed by atoms with E-state index in [0.717, 1.165) is 24.2 Å². The van der Waals surface area contributed by atoms with Gasteiger partial charge >= 0.3 is 0 Å². The minimum absolute atomic E-state index is 0. The Morgan fingerprint density at radius 1 is 1.30 bits per heavy atom. The first kappa shape index (κ1) is 23.2. The van der Waals surface area contributed by atoms with E-state index >= 15 is 0 Å². The van der Waals surface area contributed by atoms with E-state index in [1.54, 1.807) is 12.1 Å². The van der Waals surface area contributed by atoms with Gasteiger partial charge in [-0.15, -0.1) is 24.2 Å². The third kappa shape index (κ3) is 7.36. The molecule has 1 heterocycles. The highest BCUT2D eigenvalue weighted by atomic mass is 35.5. The third-order valence-electron chi connectivity index (χ3n) is 4.26. The number of nitro benzene ring substituents is 1. The molecule has 0 aromatic heterocycles. The number of hydrogen-bond donors (Lipinski definition) is 2. The number of amides is 2. The lowest BCUT2D eigenvalue weighted by molar-refractivity contribution is -0.384. The van der Waals surface area contributed by atoms with Crippen molar-refractivity contribution in [2.24, 2.45) is 5.73 Å². The van der Waals surface area contributed by atoms with E-state index in [1.807, 2.05) is 4.90 Å². The predicted molar refractivity (Wildman–Crippen MR) is 107 cm³/mol. The molecular weight excluding hydrogens is 392 g/mol. The number of likely N-dealkylation sites (tertiary alicyclic amines) is 1. The van der Waals surface area contributed by atoms with E-state index in [4.69, 9.17) is 5.73 Å². The van der Waals surface area contributed by atoms with Gasteiger partial charge in [-0.3, -0.25) is 19.7 Å². The van der Waals surface area contributed by atoms with Gasteiger partial charge in [0.1, 0.15) is 0 Å². The molecule has 1 saturated heterocycles. The first-order valence-electron chi connectivity index (χ1n) is 8.64. The van der Waals surface area contributed by atoms with Gasteiger partial charge in [0, 0.05) is 49.1 Å². The van der Waals surface area contributed by atoms with Crippen LogP contribution in [0.3, 0.4) is 0 Å². The standard InChI is InChI=1S/C17H24N4O4S.ClH/c18-9-8-16(22)19-11-14-3-1-2-10-20(14)17(23)12-26-15-6-4-13(5-7-15)21(24)25;/h4-7,14H,1-3,8-12,18H2,(H,19,22);1H. The Balaban J connectivity index is 0.00000364. The summed E-state index contributed by atoms with van der Waals surface area (Å²) in [6, 6.07) is 6.18. The Morgan fingerprint density at radius 2 is 2.00 bits per heavy atom. The maximum absolute atomic E-state index is 12.6. The summed E-state index contributed by atoms with van der Waals surface area (Å²) in [5.74, 6) is 0.197. The van der Waals surface area contributed by atoms with Crippen molar-refractivity contribution in [2.75, 3.05) is 25.4 Å². The van der Waals surface area contributed by atoms with Gasteiger partial charge in [-0.25, -0.2) is 0 Å². The Kier molecular flexibility index (Phi) is 10.1. The summed E-state index contributed by atoms with van der Waals surface area (Å²) in [5, 5.41) is 13.5. The summed E-state index contributed by atoms with van der Waals surface area (Å²) >= 11 is 1.36. The number of nitrogens with one attached hydrogen (secondary N) is 1. The zero-order chi connectivity index (χ0) is 18.9. The Morgan fingerprint density at radius 3 is 2.63 bits per heavy atom. The zero-order valence-corrected chi connectivity index (χ0v) is 16.6. The second-order valence-corrected chi connectivity index (χ2v) is 7.17. The van der Waals surface area contributed by atoms with Gasteiger partial charge in [0.15, 0.2) is 0 Å². The number of nitrogens with two attached hydrogens (primary N) is 1. The number of carbonyl (C=O) groups excluding carboxylic acids is 2. The van der Waals surface area contributed by atoms with E-state index in [0.29, 0.717) is 19.6 Å². The lowest BCUT2D eigenvalue weighted by Crippen LogP contribution is -2.50. The van der Waals surface area contributed by atoms with Crippen LogP contribution in [-0.4, -0.2) is 53.1 Å². The molecule has 0 bridgehead atoms. The van der Waals surface area contributed by atoms with Crippen LogP contribution in [0.15, 0.2) is 29.2 Å². The van der Waals surface area contributed by atoms with Gasteiger partial charge in [-0.1, -0.05) is 0 Å². The largest absolute Gasteiger partial charge is 0.354 e. The maximum Gasteiger partial charge on any atom is 0.269 e. The highest BCUT2D eigenvalue weighted by Crippen LogP contribution is 2.23. The quantitative estimate of drug-likeness (QED) is 0.380. The summed E-state index contributed by atoms with van der Waals surface area (Å²) in [5.41, 5.74) is 5.40. The molecule has 1 atom stereocenters. The molecule has 1 aromatic rings. The van der Waals surface area contributed by atoms with Crippen molar-refractivity contribution in [2.45, 2.75) is 36.6 Å². The number of nitrogens with zero attached hydrogens (tertiary/aromatic N) is 2. The molecule has 27 heavy (non-hydrogen) atoms. The van der Waals surface area contributed by atoms with Crippen LogP contribution >= 0.6 is 24.2 Å². The van der Waals surface area contributed by atoms with Crippen LogP contribution in [-0.2, 0) is 9.59 Å². The molecule has 0 spiro atoms. The van der Waals surface area contributed by atoms with Gasteiger partial charge in [0.2, 0.25) is 11.8 Å². The van der Waals surface area contributed by atoms with E-state index in [-0.39, 0.29) is 48.1 Å². The summed E-state index contributed by atoms with van der Waals surface area (Å²) in [6.07, 6.45) is 3.16. The molecule has 1 fully saturated rings. The number of halogens is 1. The normalized spacial score (nSPS) is 16.3. The molecule has 0 aliphatic carbocycles. The van der Waals surface area contributed by atoms with Crippen molar-refractivity contribution in [3.8, 4) is 0 Å². The molecule has 2 rings (SSSR count). The molecule has 10 heteroatoms. The number of nitro groups is 1. The lowest BCUT2D eigenvalue weighted by atomic mass is 10.0. The number of carbonyl (C=O) groups is 2. The summed E-state index contributed by atoms with van der Waals surface area (Å²) in [7, 11) is 0. The monoisotopic (exact) mass is 416 g/mol. The zero-order valence-electron chi connectivity index (χ0n) is 15.0. The highest BCUT2D eigenvalue weighted by Gasteiger charge is 2.26. The molecule has 1 aliphatic heterocycles. The molecule has 150 valence electrons. The Bertz CT molecular complexity index is 644. The molecule has 1 unspecified atom stereocenters. The predicted octanol–water partition coefficient (Wildman–Crippen LogP) is 1.95. The van der Waals surface area contributed by atoms with Gasteiger partial charge in [-0.05, 0) is 31.4 Å². The summed E-state index contributed by atoms with van der Waals surface area (Å²) < 4.78 is 0. The molecular formula is C17H25ClN4O4S. The van der Waals surface area contributed by atoms with E-state index in [1.165, 1.54) is 23.9 Å². The lowest BCUT2D eigenvalue weighted by Gasteiger charge is -2.36. The highest BCUT2D eigenvalue weighted by molar-refractivity contribution is 8.00. The molecule has 8 nitrogen and oxygen atoms in total. The van der Waals surface area contributed by atoms with Crippen LogP contribution in [0.25, 0.3) is 0 Å². The van der Waals surface area contributed by atoms with Crippen molar-refractivity contribution in [1.82, 2.24) is 10.2 Å². The van der Waals surface area contributed by atoms with Crippen molar-refractivity contribution in [1.29, 1.82) is 0 Å². The first-order chi connectivity index (χ1) is 12.5. The third-order valence-corrected chi connectivity index (χ3v) is 5.26. The van der Waals surface area contributed by atoms with Crippen LogP contribution in [0.1, 0.15) is 25.7 Å². The summed E-state index contributed by atoms with van der Waals surface area (Å²) in [6.45, 7) is 1.45. The first-order valence-corrected chi connectivity index (χ1v) is 9.63. The fourth-order valence-corrected chi connectivity index (χ4v) is 3.67. The van der Waals surface area contributed by atoms with Crippen LogP contribution < -0.4 is 11.1 Å². The van der Waals surface area contributed by atoms with Crippen molar-refractivity contribution in [3.63, 3.8) is 0 Å². The molecule has 1 aliphatic rings. The number of hydrogen-bond acceptors (Lipinski definition) is 6. The topological polar surface area (TPSA) is 119 Å². The SMILES string of the molecule is Cl.NCCC(=O)NCC1CCCCN1C(=O)CSc1ccc([N+](=O)[O-])cc1. The minimum Gasteiger partial charge on any atom is -0.354 e. The number of piperidine rings is 1. The molecule has 1 aromatic carbocycles. The van der Waals surface area contributed by atoms with Crippen LogP contribution in [0.4, 0.5) is 5.69 Å². The Hall–Kier alpha value is -1.84. The van der Waals surface area contributed by atoms with Crippen molar-refractivity contribution >= 4 is 41.7 Å². The maximum atomic E-state index is 12.6. The molecule has 3 N–H and O–H groups in total. The van der Waals surface area contributed by atoms with Gasteiger partial charge in [0.25, 0.3) is 5.69 Å². The fraction of sp³-hybridized carbons (Fsp3) is 0.529. The van der Waals surface area contributed by atoms with Crippen LogP contribution in [0.2, 0.25) is 0 Å². The van der Waals surface area contributed by atoms with Gasteiger partial charge in [0.05, 0.1) is 10.7 Å². The second kappa shape index (κ2) is 11.8. The van der Waals surface area contributed by atoms with Crippen LogP contribution in [0.5, 0.6) is 0 Å². The van der Waals surface area contributed by atoms with Crippen molar-refractivity contribution < 1.29 is 14.5 Å². The Labute approximate surface area is 168 Å². The number of benzene rings is 1. The second-order valence-electron chi connectivity index (χ2n) is 6.12. The van der Waals surface area contributed by atoms with E-state index in [2.05, 4.69) is 5.32 Å². The van der Waals surface area contributed by atoms with Gasteiger partial charge in [-0.2, -0.15) is 0 Å². The van der Waals surface area contributed by atoms with E-state index < -0.39 is 4.92 Å². The molecule has 0 radical (unpaired) electrons. The average Bonchev–Trinajstić information content (AvgIpc) is 2.65. The van der Waals surface area contributed by atoms with E-state index in [9.17, 15) is 19.7 Å². The minimum atomic E-state index is -0.448. The number of non-ortho nitro benzene ring substituents is 1.